The molecule has 2 amide bonds. The van der Waals surface area contributed by atoms with Crippen LogP contribution in [0.4, 0.5) is 4.79 Å². The van der Waals surface area contributed by atoms with Gasteiger partial charge in [0.15, 0.2) is 0 Å². The van der Waals surface area contributed by atoms with Crippen molar-refractivity contribution in [1.82, 2.24) is 10.2 Å². The van der Waals surface area contributed by atoms with E-state index < -0.39 is 11.7 Å². The summed E-state index contributed by atoms with van der Waals surface area (Å²) in [5.41, 5.74) is -0.597. The van der Waals surface area contributed by atoms with Gasteiger partial charge in [-0.15, -0.1) is 0 Å². The van der Waals surface area contributed by atoms with Crippen LogP contribution in [0.3, 0.4) is 0 Å². The highest BCUT2D eigenvalue weighted by atomic mass is 16.6. The lowest BCUT2D eigenvalue weighted by atomic mass is 9.89. The van der Waals surface area contributed by atoms with Gasteiger partial charge >= 0.3 is 6.09 Å². The van der Waals surface area contributed by atoms with Crippen LogP contribution in [-0.2, 0) is 14.3 Å². The van der Waals surface area contributed by atoms with Gasteiger partial charge < -0.3 is 19.7 Å². The average Bonchev–Trinajstić information content (AvgIpc) is 2.44. The summed E-state index contributed by atoms with van der Waals surface area (Å²) in [5.74, 6) is -0.260. The first-order valence-corrected chi connectivity index (χ1v) is 8.33. The standard InChI is InChI=1S/C17H30N2O4/c1-12(2)6-7-18-15(21)14-8-13(11-20)9-19(10-14)16(22)23-17(3,4)5/h11-14H,6-10H2,1-5H3,(H,18,21). The van der Waals surface area contributed by atoms with Gasteiger partial charge in [0, 0.05) is 25.6 Å². The van der Waals surface area contributed by atoms with E-state index in [1.165, 1.54) is 4.90 Å². The lowest BCUT2D eigenvalue weighted by molar-refractivity contribution is -0.128. The Bertz CT molecular complexity index is 429. The summed E-state index contributed by atoms with van der Waals surface area (Å²) in [7, 11) is 0. The highest BCUT2D eigenvalue weighted by Crippen LogP contribution is 2.23. The molecule has 1 aliphatic heterocycles. The molecule has 6 heteroatoms. The van der Waals surface area contributed by atoms with Gasteiger partial charge in [0.1, 0.15) is 11.9 Å². The molecule has 132 valence electrons. The van der Waals surface area contributed by atoms with Crippen molar-refractivity contribution in [2.24, 2.45) is 17.8 Å². The molecule has 0 bridgehead atoms. The minimum Gasteiger partial charge on any atom is -0.444 e. The van der Waals surface area contributed by atoms with Crippen molar-refractivity contribution < 1.29 is 19.1 Å². The number of amides is 2. The molecule has 2 atom stereocenters. The lowest BCUT2D eigenvalue weighted by Gasteiger charge is -2.36. The molecule has 1 rings (SSSR count). The summed E-state index contributed by atoms with van der Waals surface area (Å²) in [5, 5.41) is 2.90. The van der Waals surface area contributed by atoms with Crippen LogP contribution in [0.5, 0.6) is 0 Å². The largest absolute Gasteiger partial charge is 0.444 e. The molecule has 23 heavy (non-hydrogen) atoms. The van der Waals surface area contributed by atoms with Crippen LogP contribution >= 0.6 is 0 Å². The normalized spacial score (nSPS) is 21.9. The zero-order valence-electron chi connectivity index (χ0n) is 14.9. The molecular formula is C17H30N2O4. The first kappa shape index (κ1) is 19.5. The van der Waals surface area contributed by atoms with E-state index in [-0.39, 0.29) is 17.7 Å². The third-order valence-electron chi connectivity index (χ3n) is 3.72. The minimum atomic E-state index is -0.597. The third-order valence-corrected chi connectivity index (χ3v) is 3.72. The van der Waals surface area contributed by atoms with Crippen molar-refractivity contribution in [1.29, 1.82) is 0 Å². The fraction of sp³-hybridized carbons (Fsp3) is 0.824. The molecule has 0 radical (unpaired) electrons. The van der Waals surface area contributed by atoms with Gasteiger partial charge in [0.05, 0.1) is 5.92 Å². The van der Waals surface area contributed by atoms with Gasteiger partial charge in [-0.2, -0.15) is 0 Å². The number of ether oxygens (including phenoxy) is 1. The number of nitrogens with one attached hydrogen (secondary N) is 1. The predicted octanol–water partition coefficient (Wildman–Crippen LogP) is 2.22. The van der Waals surface area contributed by atoms with Crippen molar-refractivity contribution in [3.8, 4) is 0 Å². The van der Waals surface area contributed by atoms with E-state index in [9.17, 15) is 14.4 Å². The summed E-state index contributed by atoms with van der Waals surface area (Å²) in [6.45, 7) is 10.8. The van der Waals surface area contributed by atoms with Crippen LogP contribution in [0.1, 0.15) is 47.5 Å². The molecule has 0 aromatic carbocycles. The predicted molar refractivity (Wildman–Crippen MR) is 87.9 cm³/mol. The van der Waals surface area contributed by atoms with Gasteiger partial charge in [-0.1, -0.05) is 13.8 Å². The van der Waals surface area contributed by atoms with Crippen LogP contribution < -0.4 is 5.32 Å². The fourth-order valence-corrected chi connectivity index (χ4v) is 2.53. The topological polar surface area (TPSA) is 75.7 Å². The second-order valence-corrected chi connectivity index (χ2v) is 7.69. The van der Waals surface area contributed by atoms with Crippen molar-refractivity contribution in [3.63, 3.8) is 0 Å². The molecule has 1 heterocycles. The highest BCUT2D eigenvalue weighted by molar-refractivity contribution is 5.80. The molecule has 1 aliphatic rings. The molecule has 1 fully saturated rings. The fourth-order valence-electron chi connectivity index (χ4n) is 2.53. The van der Waals surface area contributed by atoms with Crippen LogP contribution in [0.15, 0.2) is 0 Å². The van der Waals surface area contributed by atoms with Gasteiger partial charge in [-0.05, 0) is 39.5 Å². The smallest absolute Gasteiger partial charge is 0.410 e. The summed E-state index contributed by atoms with van der Waals surface area (Å²) in [6.07, 6.45) is 1.75. The second-order valence-electron chi connectivity index (χ2n) is 7.69. The summed E-state index contributed by atoms with van der Waals surface area (Å²) in [4.78, 5) is 37.1. The Morgan fingerprint density at radius 1 is 1.30 bits per heavy atom. The van der Waals surface area contributed by atoms with Crippen molar-refractivity contribution in [3.05, 3.63) is 0 Å². The first-order chi connectivity index (χ1) is 10.6. The number of aldehydes is 1. The van der Waals surface area contributed by atoms with E-state index in [2.05, 4.69) is 19.2 Å². The molecule has 0 saturated carbocycles. The molecule has 1 N–H and O–H groups in total. The second kappa shape index (κ2) is 8.31. The molecule has 0 aromatic heterocycles. The Hall–Kier alpha value is -1.59. The minimum absolute atomic E-state index is 0.0919. The Balaban J connectivity index is 2.64. The molecule has 0 aromatic rings. The van der Waals surface area contributed by atoms with Crippen LogP contribution in [0, 0.1) is 17.8 Å². The van der Waals surface area contributed by atoms with E-state index in [1.807, 2.05) is 0 Å². The third kappa shape index (κ3) is 7.01. The summed E-state index contributed by atoms with van der Waals surface area (Å²) >= 11 is 0. The first-order valence-electron chi connectivity index (χ1n) is 8.33. The zero-order chi connectivity index (χ0) is 17.6. The van der Waals surface area contributed by atoms with Gasteiger partial charge in [-0.3, -0.25) is 4.79 Å². The Morgan fingerprint density at radius 2 is 1.96 bits per heavy atom. The number of likely N-dealkylation sites (tertiary alicyclic amines) is 1. The van der Waals surface area contributed by atoms with E-state index in [4.69, 9.17) is 4.74 Å². The van der Waals surface area contributed by atoms with E-state index in [1.54, 1.807) is 20.8 Å². The maximum absolute atomic E-state index is 12.3. The molecule has 6 nitrogen and oxygen atoms in total. The lowest BCUT2D eigenvalue weighted by Crippen LogP contribution is -2.50. The van der Waals surface area contributed by atoms with E-state index in [0.717, 1.165) is 12.7 Å². The number of carbonyl (C=O) groups excluding carboxylic acids is 3. The van der Waals surface area contributed by atoms with Crippen molar-refractivity contribution in [2.75, 3.05) is 19.6 Å². The van der Waals surface area contributed by atoms with Crippen LogP contribution in [0.25, 0.3) is 0 Å². The number of hydrogen-bond donors (Lipinski definition) is 1. The van der Waals surface area contributed by atoms with Crippen LogP contribution in [-0.4, -0.2) is 48.4 Å². The van der Waals surface area contributed by atoms with Crippen LogP contribution in [0.2, 0.25) is 0 Å². The molecule has 2 unspecified atom stereocenters. The highest BCUT2D eigenvalue weighted by Gasteiger charge is 2.35. The Morgan fingerprint density at radius 3 is 2.48 bits per heavy atom. The maximum Gasteiger partial charge on any atom is 0.410 e. The molecule has 0 spiro atoms. The molecule has 1 saturated heterocycles. The summed E-state index contributed by atoms with van der Waals surface area (Å²) < 4.78 is 5.35. The van der Waals surface area contributed by atoms with Gasteiger partial charge in [0.25, 0.3) is 0 Å². The Kier molecular flexibility index (Phi) is 7.03. The molecular weight excluding hydrogens is 296 g/mol. The maximum atomic E-state index is 12.3. The van der Waals surface area contributed by atoms with Gasteiger partial charge in [0.2, 0.25) is 5.91 Å². The van der Waals surface area contributed by atoms with E-state index in [0.29, 0.717) is 32.0 Å². The Labute approximate surface area is 138 Å². The van der Waals surface area contributed by atoms with Crippen molar-refractivity contribution in [2.45, 2.75) is 53.1 Å². The SMILES string of the molecule is CC(C)CCNC(=O)C1CC(C=O)CN(C(=O)OC(C)(C)C)C1. The number of rotatable bonds is 5. The zero-order valence-corrected chi connectivity index (χ0v) is 14.9. The van der Waals surface area contributed by atoms with E-state index >= 15 is 0 Å². The average molecular weight is 326 g/mol. The number of piperidine rings is 1. The number of nitrogens with zero attached hydrogens (tertiary/aromatic N) is 1. The number of carbonyl (C=O) groups is 3. The molecule has 0 aliphatic carbocycles. The summed E-state index contributed by atoms with van der Waals surface area (Å²) in [6, 6.07) is 0. The monoisotopic (exact) mass is 326 g/mol. The quantitative estimate of drug-likeness (QED) is 0.786. The van der Waals surface area contributed by atoms with Crippen molar-refractivity contribution >= 4 is 18.3 Å². The number of hydrogen-bond acceptors (Lipinski definition) is 4. The van der Waals surface area contributed by atoms with Gasteiger partial charge in [-0.25, -0.2) is 4.79 Å².